The van der Waals surface area contributed by atoms with E-state index in [1.165, 1.54) is 23.3 Å². The molecule has 5 nitrogen and oxygen atoms in total. The lowest BCUT2D eigenvalue weighted by atomic mass is 10.3. The van der Waals surface area contributed by atoms with Crippen LogP contribution in [0.25, 0.3) is 0 Å². The van der Waals surface area contributed by atoms with Crippen molar-refractivity contribution in [1.29, 1.82) is 0 Å². The van der Waals surface area contributed by atoms with Gasteiger partial charge in [0.2, 0.25) is 5.91 Å². The zero-order valence-corrected chi connectivity index (χ0v) is 11.1. The number of hydrogen-bond donors (Lipinski definition) is 2. The summed E-state index contributed by atoms with van der Waals surface area (Å²) in [6, 6.07) is 3.47. The molecule has 0 saturated heterocycles. The van der Waals surface area contributed by atoms with Gasteiger partial charge in [-0.1, -0.05) is 11.8 Å². The maximum atomic E-state index is 12.0. The van der Waals surface area contributed by atoms with Gasteiger partial charge in [0.15, 0.2) is 0 Å². The second-order valence-corrected chi connectivity index (χ2v) is 4.59. The molecule has 18 heavy (non-hydrogen) atoms. The van der Waals surface area contributed by atoms with Gasteiger partial charge < -0.3 is 16.0 Å². The van der Waals surface area contributed by atoms with Gasteiger partial charge in [-0.25, -0.2) is 0 Å². The Labute approximate surface area is 110 Å². The molecule has 0 fully saturated rings. The van der Waals surface area contributed by atoms with Crippen LogP contribution in [0.3, 0.4) is 0 Å². The summed E-state index contributed by atoms with van der Waals surface area (Å²) >= 11 is 1.29. The first-order chi connectivity index (χ1) is 8.58. The Morgan fingerprint density at radius 1 is 1.50 bits per heavy atom. The third-order valence-electron chi connectivity index (χ3n) is 2.14. The van der Waals surface area contributed by atoms with Crippen LogP contribution in [0.15, 0.2) is 12.1 Å². The van der Waals surface area contributed by atoms with Crippen LogP contribution in [0.1, 0.15) is 14.5 Å². The fourth-order valence-corrected chi connectivity index (χ4v) is 2.09. The van der Waals surface area contributed by atoms with Crippen molar-refractivity contribution in [1.82, 2.24) is 10.2 Å². The SMILES string of the molecule is CNC(=O)CN(C)C(=O)c1ccc(C#CCN)s1. The molecule has 1 rings (SSSR count). The predicted octanol–water partition coefficient (Wildman–Crippen LogP) is -0.124. The number of nitrogens with two attached hydrogens (primary N) is 1. The highest BCUT2D eigenvalue weighted by Gasteiger charge is 2.15. The van der Waals surface area contributed by atoms with Crippen molar-refractivity contribution in [3.63, 3.8) is 0 Å². The van der Waals surface area contributed by atoms with Gasteiger partial charge in [-0.15, -0.1) is 11.3 Å². The molecule has 0 aliphatic carbocycles. The standard InChI is InChI=1S/C12H15N3O2S/c1-14-11(16)8-15(2)12(17)10-6-5-9(18-10)4-3-7-13/h5-6H,7-8,13H2,1-2H3,(H,14,16). The summed E-state index contributed by atoms with van der Waals surface area (Å²) in [5.41, 5.74) is 5.27. The highest BCUT2D eigenvalue weighted by molar-refractivity contribution is 7.14. The number of nitrogens with one attached hydrogen (secondary N) is 1. The van der Waals surface area contributed by atoms with Gasteiger partial charge in [0.25, 0.3) is 5.91 Å². The smallest absolute Gasteiger partial charge is 0.264 e. The molecule has 3 N–H and O–H groups in total. The Hall–Kier alpha value is -1.84. The minimum Gasteiger partial charge on any atom is -0.358 e. The number of thiophene rings is 1. The van der Waals surface area contributed by atoms with Crippen LogP contribution >= 0.6 is 11.3 Å². The second-order valence-electron chi connectivity index (χ2n) is 3.50. The molecule has 2 amide bonds. The molecule has 0 aromatic carbocycles. The molecule has 0 aliphatic rings. The van der Waals surface area contributed by atoms with E-state index in [2.05, 4.69) is 17.2 Å². The molecule has 96 valence electrons. The minimum absolute atomic E-state index is 0.0387. The van der Waals surface area contributed by atoms with E-state index >= 15 is 0 Å². The summed E-state index contributed by atoms with van der Waals surface area (Å²) in [7, 11) is 3.12. The first-order valence-electron chi connectivity index (χ1n) is 5.33. The molecule has 0 radical (unpaired) electrons. The average molecular weight is 265 g/mol. The van der Waals surface area contributed by atoms with Crippen molar-refractivity contribution >= 4 is 23.2 Å². The summed E-state index contributed by atoms with van der Waals surface area (Å²) in [6.45, 7) is 0.328. The molecule has 0 bridgehead atoms. The average Bonchev–Trinajstić information content (AvgIpc) is 2.83. The zero-order chi connectivity index (χ0) is 13.5. The van der Waals surface area contributed by atoms with Crippen molar-refractivity contribution in [2.75, 3.05) is 27.2 Å². The largest absolute Gasteiger partial charge is 0.358 e. The quantitative estimate of drug-likeness (QED) is 0.748. The maximum Gasteiger partial charge on any atom is 0.264 e. The molecular formula is C12H15N3O2S. The van der Waals surface area contributed by atoms with Gasteiger partial charge in [-0.2, -0.15) is 0 Å². The Morgan fingerprint density at radius 3 is 2.83 bits per heavy atom. The normalized spacial score (nSPS) is 9.28. The van der Waals surface area contributed by atoms with Crippen molar-refractivity contribution in [2.45, 2.75) is 0 Å². The van der Waals surface area contributed by atoms with Crippen molar-refractivity contribution in [2.24, 2.45) is 5.73 Å². The Kier molecular flexibility index (Phi) is 5.36. The number of carbonyl (C=O) groups is 2. The van der Waals surface area contributed by atoms with Crippen LogP contribution in [0.2, 0.25) is 0 Å². The predicted molar refractivity (Wildman–Crippen MR) is 71.3 cm³/mol. The molecule has 6 heteroatoms. The Morgan fingerprint density at radius 2 is 2.22 bits per heavy atom. The molecule has 0 aliphatic heterocycles. The number of carbonyl (C=O) groups excluding carboxylic acids is 2. The van der Waals surface area contributed by atoms with E-state index in [-0.39, 0.29) is 24.9 Å². The third-order valence-corrected chi connectivity index (χ3v) is 3.13. The lowest BCUT2D eigenvalue weighted by Crippen LogP contribution is -2.36. The lowest BCUT2D eigenvalue weighted by molar-refractivity contribution is -0.121. The summed E-state index contributed by atoms with van der Waals surface area (Å²) < 4.78 is 0. The van der Waals surface area contributed by atoms with E-state index < -0.39 is 0 Å². The number of hydrogen-bond acceptors (Lipinski definition) is 4. The van der Waals surface area contributed by atoms with Crippen LogP contribution in [-0.4, -0.2) is 43.9 Å². The Balaban J connectivity index is 2.72. The van der Waals surface area contributed by atoms with Crippen LogP contribution in [0, 0.1) is 11.8 Å². The number of nitrogens with zero attached hydrogens (tertiary/aromatic N) is 1. The monoisotopic (exact) mass is 265 g/mol. The van der Waals surface area contributed by atoms with Gasteiger partial charge in [0, 0.05) is 14.1 Å². The molecule has 0 atom stereocenters. The third kappa shape index (κ3) is 3.87. The van der Waals surface area contributed by atoms with E-state index in [9.17, 15) is 9.59 Å². The van der Waals surface area contributed by atoms with Crippen LogP contribution in [0.5, 0.6) is 0 Å². The van der Waals surface area contributed by atoms with E-state index in [4.69, 9.17) is 5.73 Å². The Bertz CT molecular complexity index is 499. The molecular weight excluding hydrogens is 250 g/mol. The van der Waals surface area contributed by atoms with Crippen LogP contribution < -0.4 is 11.1 Å². The van der Waals surface area contributed by atoms with E-state index in [0.29, 0.717) is 4.88 Å². The molecule has 1 aromatic rings. The van der Waals surface area contributed by atoms with Crippen LogP contribution in [0.4, 0.5) is 0 Å². The number of amides is 2. The maximum absolute atomic E-state index is 12.0. The number of rotatable bonds is 3. The summed E-state index contributed by atoms with van der Waals surface area (Å²) in [5, 5.41) is 2.47. The zero-order valence-electron chi connectivity index (χ0n) is 10.3. The van der Waals surface area contributed by atoms with E-state index in [0.717, 1.165) is 4.88 Å². The van der Waals surface area contributed by atoms with Crippen LogP contribution in [-0.2, 0) is 4.79 Å². The van der Waals surface area contributed by atoms with E-state index in [1.807, 2.05) is 0 Å². The summed E-state index contributed by atoms with van der Waals surface area (Å²) in [6.07, 6.45) is 0. The summed E-state index contributed by atoms with van der Waals surface area (Å²) in [5.74, 6) is 5.20. The molecule has 1 heterocycles. The molecule has 0 unspecified atom stereocenters. The van der Waals surface area contributed by atoms with Gasteiger partial charge in [0.05, 0.1) is 22.8 Å². The fourth-order valence-electron chi connectivity index (χ4n) is 1.21. The van der Waals surface area contributed by atoms with Gasteiger partial charge in [-0.3, -0.25) is 9.59 Å². The minimum atomic E-state index is -0.203. The second kappa shape index (κ2) is 6.79. The highest BCUT2D eigenvalue weighted by atomic mass is 32.1. The summed E-state index contributed by atoms with van der Waals surface area (Å²) in [4.78, 5) is 25.8. The first kappa shape index (κ1) is 14.2. The number of likely N-dealkylation sites (N-methyl/N-ethyl adjacent to an activating group) is 2. The van der Waals surface area contributed by atoms with Crippen molar-refractivity contribution in [3.05, 3.63) is 21.9 Å². The van der Waals surface area contributed by atoms with E-state index in [1.54, 1.807) is 19.2 Å². The van der Waals surface area contributed by atoms with Gasteiger partial charge in [-0.05, 0) is 12.1 Å². The van der Waals surface area contributed by atoms with Gasteiger partial charge >= 0.3 is 0 Å². The fraction of sp³-hybridized carbons (Fsp3) is 0.333. The lowest BCUT2D eigenvalue weighted by Gasteiger charge is -2.14. The van der Waals surface area contributed by atoms with Crippen molar-refractivity contribution < 1.29 is 9.59 Å². The molecule has 0 spiro atoms. The van der Waals surface area contributed by atoms with Crippen molar-refractivity contribution in [3.8, 4) is 11.8 Å². The molecule has 0 saturated carbocycles. The topological polar surface area (TPSA) is 75.4 Å². The van der Waals surface area contributed by atoms with Gasteiger partial charge in [0.1, 0.15) is 0 Å². The first-order valence-corrected chi connectivity index (χ1v) is 6.15. The molecule has 1 aromatic heterocycles. The highest BCUT2D eigenvalue weighted by Crippen LogP contribution is 2.16.